The summed E-state index contributed by atoms with van der Waals surface area (Å²) in [5.41, 5.74) is 1.47. The highest BCUT2D eigenvalue weighted by molar-refractivity contribution is 5.23. The van der Waals surface area contributed by atoms with Crippen LogP contribution in [0.3, 0.4) is 0 Å². The van der Waals surface area contributed by atoms with Gasteiger partial charge in [-0.25, -0.2) is 0 Å². The molecular weight excluding hydrogens is 148 g/mol. The molecule has 1 nitrogen and oxygen atoms in total. The van der Waals surface area contributed by atoms with Crippen LogP contribution in [0.15, 0.2) is 36.0 Å². The van der Waals surface area contributed by atoms with E-state index in [9.17, 15) is 0 Å². The Morgan fingerprint density at radius 3 is 2.92 bits per heavy atom. The van der Waals surface area contributed by atoms with E-state index < -0.39 is 0 Å². The van der Waals surface area contributed by atoms with E-state index in [4.69, 9.17) is 5.11 Å². The van der Waals surface area contributed by atoms with Gasteiger partial charge in [0.2, 0.25) is 0 Å². The minimum absolute atomic E-state index is 0.318. The molecule has 0 saturated heterocycles. The molecule has 0 spiro atoms. The molecule has 1 aliphatic rings. The first-order valence-corrected chi connectivity index (χ1v) is 4.55. The van der Waals surface area contributed by atoms with Gasteiger partial charge in [-0.2, -0.15) is 0 Å². The smallest absolute Gasteiger partial charge is 0.0431 e. The second-order valence-electron chi connectivity index (χ2n) is 3.02. The first-order valence-electron chi connectivity index (χ1n) is 4.55. The van der Waals surface area contributed by atoms with Crippen molar-refractivity contribution in [3.8, 4) is 0 Å². The van der Waals surface area contributed by atoms with E-state index in [0.29, 0.717) is 6.61 Å². The monoisotopic (exact) mass is 164 g/mol. The van der Waals surface area contributed by atoms with Gasteiger partial charge in [-0.05, 0) is 25.7 Å². The van der Waals surface area contributed by atoms with Crippen molar-refractivity contribution < 1.29 is 5.11 Å². The first kappa shape index (κ1) is 9.27. The maximum Gasteiger partial charge on any atom is 0.0431 e. The zero-order valence-corrected chi connectivity index (χ0v) is 7.37. The number of unbranched alkanes of at least 4 members (excludes halogenated alkanes) is 1. The van der Waals surface area contributed by atoms with E-state index in [-0.39, 0.29) is 0 Å². The molecule has 0 aromatic heterocycles. The Balaban J connectivity index is 2.26. The van der Waals surface area contributed by atoms with Gasteiger partial charge in [0, 0.05) is 6.61 Å². The van der Waals surface area contributed by atoms with Crippen LogP contribution in [-0.2, 0) is 0 Å². The van der Waals surface area contributed by atoms with Crippen LogP contribution in [0.2, 0.25) is 0 Å². The topological polar surface area (TPSA) is 20.2 Å². The van der Waals surface area contributed by atoms with Crippen molar-refractivity contribution in [3.63, 3.8) is 0 Å². The fraction of sp³-hybridized carbons (Fsp3) is 0.455. The van der Waals surface area contributed by atoms with Crippen LogP contribution in [0.4, 0.5) is 0 Å². The summed E-state index contributed by atoms with van der Waals surface area (Å²) in [5.74, 6) is 0. The van der Waals surface area contributed by atoms with Crippen molar-refractivity contribution in [1.29, 1.82) is 0 Å². The van der Waals surface area contributed by atoms with Gasteiger partial charge in [0.1, 0.15) is 0 Å². The Bertz CT molecular complexity index is 199. The Morgan fingerprint density at radius 2 is 2.08 bits per heavy atom. The molecule has 0 aliphatic heterocycles. The molecule has 1 N–H and O–H groups in total. The minimum Gasteiger partial charge on any atom is -0.396 e. The highest BCUT2D eigenvalue weighted by atomic mass is 16.2. The summed E-state index contributed by atoms with van der Waals surface area (Å²) < 4.78 is 0. The van der Waals surface area contributed by atoms with Crippen molar-refractivity contribution in [2.75, 3.05) is 6.61 Å². The molecule has 0 radical (unpaired) electrons. The second-order valence-corrected chi connectivity index (χ2v) is 3.02. The van der Waals surface area contributed by atoms with Gasteiger partial charge in [-0.1, -0.05) is 36.0 Å². The van der Waals surface area contributed by atoms with Crippen molar-refractivity contribution in [1.82, 2.24) is 0 Å². The quantitative estimate of drug-likeness (QED) is 0.633. The lowest BCUT2D eigenvalue weighted by atomic mass is 10.1. The SMILES string of the molecule is OCCCCC1=CC=CC=CC1. The molecule has 0 aromatic carbocycles. The van der Waals surface area contributed by atoms with Gasteiger partial charge >= 0.3 is 0 Å². The number of allylic oxidation sites excluding steroid dienone is 6. The maximum atomic E-state index is 8.60. The van der Waals surface area contributed by atoms with E-state index in [2.05, 4.69) is 30.4 Å². The summed E-state index contributed by atoms with van der Waals surface area (Å²) in [7, 11) is 0. The van der Waals surface area contributed by atoms with Crippen LogP contribution in [0.1, 0.15) is 25.7 Å². The van der Waals surface area contributed by atoms with E-state index >= 15 is 0 Å². The molecule has 1 heteroatoms. The van der Waals surface area contributed by atoms with Crippen molar-refractivity contribution in [3.05, 3.63) is 36.0 Å². The van der Waals surface area contributed by atoms with Crippen molar-refractivity contribution in [2.24, 2.45) is 0 Å². The van der Waals surface area contributed by atoms with Crippen LogP contribution in [0, 0.1) is 0 Å². The molecule has 1 aliphatic carbocycles. The van der Waals surface area contributed by atoms with Gasteiger partial charge in [-0.3, -0.25) is 0 Å². The number of aliphatic hydroxyl groups excluding tert-OH is 1. The van der Waals surface area contributed by atoms with Gasteiger partial charge in [0.15, 0.2) is 0 Å². The molecule has 0 heterocycles. The Hall–Kier alpha value is -0.820. The molecule has 66 valence electrons. The lowest BCUT2D eigenvalue weighted by Gasteiger charge is -2.01. The summed E-state index contributed by atoms with van der Waals surface area (Å²) in [4.78, 5) is 0. The number of aliphatic hydroxyl groups is 1. The summed E-state index contributed by atoms with van der Waals surface area (Å²) in [5, 5.41) is 8.60. The summed E-state index contributed by atoms with van der Waals surface area (Å²) in [6.45, 7) is 0.318. The second kappa shape index (κ2) is 5.78. The highest BCUT2D eigenvalue weighted by Gasteiger charge is 1.95. The molecule has 0 bridgehead atoms. The molecular formula is C11H16O. The van der Waals surface area contributed by atoms with Crippen LogP contribution >= 0.6 is 0 Å². The third-order valence-corrected chi connectivity index (χ3v) is 1.98. The Labute approximate surface area is 74.1 Å². The summed E-state index contributed by atoms with van der Waals surface area (Å²) in [6, 6.07) is 0. The maximum absolute atomic E-state index is 8.60. The number of hydrogen-bond donors (Lipinski definition) is 1. The Kier molecular flexibility index (Phi) is 4.47. The van der Waals surface area contributed by atoms with Gasteiger partial charge in [0.05, 0.1) is 0 Å². The molecule has 0 unspecified atom stereocenters. The Morgan fingerprint density at radius 1 is 1.17 bits per heavy atom. The van der Waals surface area contributed by atoms with E-state index in [1.807, 2.05) is 0 Å². The summed E-state index contributed by atoms with van der Waals surface area (Å²) in [6.07, 6.45) is 14.8. The van der Waals surface area contributed by atoms with Crippen LogP contribution < -0.4 is 0 Å². The third kappa shape index (κ3) is 3.54. The normalized spacial score (nSPS) is 15.9. The number of hydrogen-bond acceptors (Lipinski definition) is 1. The standard InChI is InChI=1S/C11H16O/c12-10-6-5-9-11-7-3-1-2-4-8-11/h1-4,7,12H,5-6,8-10H2. The molecule has 12 heavy (non-hydrogen) atoms. The predicted octanol–water partition coefficient (Wildman–Crippen LogP) is 2.59. The van der Waals surface area contributed by atoms with E-state index in [1.54, 1.807) is 0 Å². The molecule has 0 fully saturated rings. The van der Waals surface area contributed by atoms with Crippen molar-refractivity contribution in [2.45, 2.75) is 25.7 Å². The lowest BCUT2D eigenvalue weighted by molar-refractivity contribution is 0.284. The van der Waals surface area contributed by atoms with Crippen LogP contribution in [0.5, 0.6) is 0 Å². The zero-order valence-electron chi connectivity index (χ0n) is 7.37. The first-order chi connectivity index (χ1) is 5.93. The minimum atomic E-state index is 0.318. The molecule has 0 atom stereocenters. The van der Waals surface area contributed by atoms with Crippen LogP contribution in [0.25, 0.3) is 0 Å². The molecule has 1 rings (SSSR count). The average Bonchev–Trinajstić information content (AvgIpc) is 2.33. The van der Waals surface area contributed by atoms with E-state index in [1.165, 1.54) is 5.57 Å². The largest absolute Gasteiger partial charge is 0.396 e. The average molecular weight is 164 g/mol. The fourth-order valence-corrected chi connectivity index (χ4v) is 1.27. The number of rotatable bonds is 4. The molecule has 0 amide bonds. The fourth-order valence-electron chi connectivity index (χ4n) is 1.27. The highest BCUT2D eigenvalue weighted by Crippen LogP contribution is 2.14. The van der Waals surface area contributed by atoms with Gasteiger partial charge in [-0.15, -0.1) is 0 Å². The van der Waals surface area contributed by atoms with E-state index in [0.717, 1.165) is 25.7 Å². The molecule has 0 saturated carbocycles. The predicted molar refractivity (Wildman–Crippen MR) is 51.9 cm³/mol. The zero-order chi connectivity index (χ0) is 8.65. The summed E-state index contributed by atoms with van der Waals surface area (Å²) >= 11 is 0. The van der Waals surface area contributed by atoms with Gasteiger partial charge in [0.25, 0.3) is 0 Å². The third-order valence-electron chi connectivity index (χ3n) is 1.98. The van der Waals surface area contributed by atoms with Crippen molar-refractivity contribution >= 4 is 0 Å². The van der Waals surface area contributed by atoms with Gasteiger partial charge < -0.3 is 5.11 Å². The van der Waals surface area contributed by atoms with Crippen LogP contribution in [-0.4, -0.2) is 11.7 Å². The lowest BCUT2D eigenvalue weighted by Crippen LogP contribution is -1.86. The molecule has 0 aromatic rings.